The van der Waals surface area contributed by atoms with Crippen molar-refractivity contribution >= 4 is 32.8 Å². The van der Waals surface area contributed by atoms with E-state index in [0.717, 1.165) is 26.8 Å². The molecule has 21 heavy (non-hydrogen) atoms. The Morgan fingerprint density at radius 3 is 2.76 bits per heavy atom. The molecule has 3 aromatic rings. The van der Waals surface area contributed by atoms with Gasteiger partial charge in [-0.15, -0.1) is 0 Å². The van der Waals surface area contributed by atoms with Gasteiger partial charge in [-0.3, -0.25) is 0 Å². The summed E-state index contributed by atoms with van der Waals surface area (Å²) >= 11 is 3.62. The van der Waals surface area contributed by atoms with E-state index >= 15 is 0 Å². The van der Waals surface area contributed by atoms with Gasteiger partial charge in [0.05, 0.1) is 12.2 Å². The Balaban J connectivity index is 2.08. The van der Waals surface area contributed by atoms with Gasteiger partial charge in [0.15, 0.2) is 0 Å². The van der Waals surface area contributed by atoms with Crippen molar-refractivity contribution in [2.45, 2.75) is 13.5 Å². The summed E-state index contributed by atoms with van der Waals surface area (Å²) in [6.07, 6.45) is 0. The maximum Gasteiger partial charge on any atom is 0.354 e. The van der Waals surface area contributed by atoms with E-state index in [1.54, 1.807) is 6.07 Å². The molecule has 1 N–H and O–H groups in total. The first-order valence-electron chi connectivity index (χ1n) is 6.50. The highest BCUT2D eigenvalue weighted by Crippen LogP contribution is 2.30. The summed E-state index contributed by atoms with van der Waals surface area (Å²) in [6, 6.07) is 13.2. The zero-order valence-electron chi connectivity index (χ0n) is 11.4. The van der Waals surface area contributed by atoms with Crippen molar-refractivity contribution in [3.8, 4) is 0 Å². The number of pyridine rings is 1. The Morgan fingerprint density at radius 2 is 2.00 bits per heavy atom. The number of carboxylic acid groups (broad SMARTS) is 1. The van der Waals surface area contributed by atoms with Crippen molar-refractivity contribution in [1.82, 2.24) is 9.55 Å². The van der Waals surface area contributed by atoms with Gasteiger partial charge in [-0.05, 0) is 41.1 Å². The fourth-order valence-corrected chi connectivity index (χ4v) is 2.99. The van der Waals surface area contributed by atoms with Crippen LogP contribution in [0.3, 0.4) is 0 Å². The van der Waals surface area contributed by atoms with Gasteiger partial charge in [0, 0.05) is 21.1 Å². The molecule has 3 rings (SSSR count). The number of aromatic nitrogens is 2. The molecular weight excluding hydrogens is 332 g/mol. The molecule has 0 aliphatic carbocycles. The molecule has 0 aliphatic rings. The topological polar surface area (TPSA) is 55.1 Å². The fraction of sp³-hybridized carbons (Fsp3) is 0.125. The second kappa shape index (κ2) is 5.33. The van der Waals surface area contributed by atoms with E-state index in [1.165, 1.54) is 6.07 Å². The molecule has 0 amide bonds. The highest BCUT2D eigenvalue weighted by Gasteiger charge is 2.13. The van der Waals surface area contributed by atoms with E-state index in [0.29, 0.717) is 6.54 Å². The number of hydrogen-bond donors (Lipinski definition) is 1. The highest BCUT2D eigenvalue weighted by molar-refractivity contribution is 9.10. The fourth-order valence-electron chi connectivity index (χ4n) is 2.44. The van der Waals surface area contributed by atoms with Crippen LogP contribution in [0.4, 0.5) is 0 Å². The first-order chi connectivity index (χ1) is 10.1. The number of nitrogens with zero attached hydrogens (tertiary/aromatic N) is 2. The van der Waals surface area contributed by atoms with E-state index in [2.05, 4.69) is 31.5 Å². The van der Waals surface area contributed by atoms with Gasteiger partial charge < -0.3 is 9.67 Å². The number of carbonyl (C=O) groups is 1. The Hall–Kier alpha value is -2.14. The van der Waals surface area contributed by atoms with E-state index < -0.39 is 5.97 Å². The number of para-hydroxylation sites is 1. The number of hydrogen-bond acceptors (Lipinski definition) is 2. The van der Waals surface area contributed by atoms with E-state index in [-0.39, 0.29) is 5.69 Å². The van der Waals surface area contributed by atoms with E-state index in [1.807, 2.05) is 31.2 Å². The van der Waals surface area contributed by atoms with E-state index in [9.17, 15) is 4.79 Å². The van der Waals surface area contributed by atoms with Gasteiger partial charge in [0.25, 0.3) is 0 Å². The van der Waals surface area contributed by atoms with Gasteiger partial charge in [-0.1, -0.05) is 24.3 Å². The largest absolute Gasteiger partial charge is 0.477 e. The van der Waals surface area contributed by atoms with Crippen molar-refractivity contribution in [3.05, 3.63) is 64.0 Å². The van der Waals surface area contributed by atoms with Crippen molar-refractivity contribution in [1.29, 1.82) is 0 Å². The van der Waals surface area contributed by atoms with Gasteiger partial charge >= 0.3 is 5.97 Å². The molecule has 0 unspecified atom stereocenters. The van der Waals surface area contributed by atoms with Crippen molar-refractivity contribution < 1.29 is 9.90 Å². The minimum absolute atomic E-state index is 0.0701. The standard InChI is InChI=1S/C16H13BrN2O2/c1-10-15(17)12-6-2-3-8-14(12)19(10)9-11-5-4-7-13(18-11)16(20)21/h2-8H,9H2,1H3,(H,20,21). The Bertz CT molecular complexity index is 839. The molecular formula is C16H13BrN2O2. The number of rotatable bonds is 3. The SMILES string of the molecule is Cc1c(Br)c2ccccc2n1Cc1cccc(C(=O)O)n1. The first kappa shape index (κ1) is 13.8. The molecule has 2 heterocycles. The van der Waals surface area contributed by atoms with Crippen LogP contribution in [0.15, 0.2) is 46.9 Å². The van der Waals surface area contributed by atoms with Crippen molar-refractivity contribution in [3.63, 3.8) is 0 Å². The predicted octanol–water partition coefficient (Wildman–Crippen LogP) is 3.85. The first-order valence-corrected chi connectivity index (χ1v) is 7.30. The quantitative estimate of drug-likeness (QED) is 0.784. The van der Waals surface area contributed by atoms with Crippen LogP contribution >= 0.6 is 15.9 Å². The summed E-state index contributed by atoms with van der Waals surface area (Å²) in [5.74, 6) is -1.01. The summed E-state index contributed by atoms with van der Waals surface area (Å²) in [5, 5.41) is 10.2. The van der Waals surface area contributed by atoms with Crippen LogP contribution in [0.25, 0.3) is 10.9 Å². The Kier molecular flexibility index (Phi) is 3.51. The monoisotopic (exact) mass is 344 g/mol. The minimum atomic E-state index is -1.01. The minimum Gasteiger partial charge on any atom is -0.477 e. The van der Waals surface area contributed by atoms with Gasteiger partial charge in [0.1, 0.15) is 5.69 Å². The summed E-state index contributed by atoms with van der Waals surface area (Å²) in [4.78, 5) is 15.2. The lowest BCUT2D eigenvalue weighted by atomic mass is 10.2. The number of benzene rings is 1. The molecule has 0 spiro atoms. The molecule has 2 aromatic heterocycles. The molecule has 0 atom stereocenters. The molecule has 0 saturated heterocycles. The highest BCUT2D eigenvalue weighted by atomic mass is 79.9. The Morgan fingerprint density at radius 1 is 1.24 bits per heavy atom. The third kappa shape index (κ3) is 2.45. The van der Waals surface area contributed by atoms with Gasteiger partial charge in [0.2, 0.25) is 0 Å². The van der Waals surface area contributed by atoms with Crippen LogP contribution in [0.1, 0.15) is 21.9 Å². The smallest absolute Gasteiger partial charge is 0.354 e. The van der Waals surface area contributed by atoms with Crippen LogP contribution in [0.5, 0.6) is 0 Å². The molecule has 0 saturated carbocycles. The average Bonchev–Trinajstić information content (AvgIpc) is 2.73. The molecule has 0 fully saturated rings. The lowest BCUT2D eigenvalue weighted by Gasteiger charge is -2.08. The lowest BCUT2D eigenvalue weighted by molar-refractivity contribution is 0.0690. The number of halogens is 1. The molecule has 0 radical (unpaired) electrons. The van der Waals surface area contributed by atoms with Gasteiger partial charge in [-0.2, -0.15) is 0 Å². The summed E-state index contributed by atoms with van der Waals surface area (Å²) < 4.78 is 3.19. The molecule has 0 aliphatic heterocycles. The maximum atomic E-state index is 11.0. The molecule has 0 bridgehead atoms. The molecule has 106 valence electrons. The van der Waals surface area contributed by atoms with Crippen molar-refractivity contribution in [2.75, 3.05) is 0 Å². The molecule has 1 aromatic carbocycles. The lowest BCUT2D eigenvalue weighted by Crippen LogP contribution is -2.07. The normalized spacial score (nSPS) is 11.0. The van der Waals surface area contributed by atoms with Crippen molar-refractivity contribution in [2.24, 2.45) is 0 Å². The van der Waals surface area contributed by atoms with E-state index in [4.69, 9.17) is 5.11 Å². The summed E-state index contributed by atoms with van der Waals surface area (Å²) in [7, 11) is 0. The van der Waals surface area contributed by atoms with Gasteiger partial charge in [-0.25, -0.2) is 9.78 Å². The zero-order valence-corrected chi connectivity index (χ0v) is 13.0. The second-order valence-electron chi connectivity index (χ2n) is 4.82. The Labute approximate surface area is 130 Å². The van der Waals surface area contributed by atoms with Crippen LogP contribution in [-0.4, -0.2) is 20.6 Å². The average molecular weight is 345 g/mol. The third-order valence-corrected chi connectivity index (χ3v) is 4.50. The molecule has 5 heteroatoms. The maximum absolute atomic E-state index is 11.0. The van der Waals surface area contributed by atoms with Crippen LogP contribution in [-0.2, 0) is 6.54 Å². The van der Waals surface area contributed by atoms with Crippen LogP contribution in [0.2, 0.25) is 0 Å². The number of fused-ring (bicyclic) bond motifs is 1. The molecule has 4 nitrogen and oxygen atoms in total. The van der Waals surface area contributed by atoms with Crippen LogP contribution in [0, 0.1) is 6.92 Å². The predicted molar refractivity (Wildman–Crippen MR) is 84.7 cm³/mol. The van der Waals surface area contributed by atoms with Crippen LogP contribution < -0.4 is 0 Å². The summed E-state index contributed by atoms with van der Waals surface area (Å²) in [5.41, 5.74) is 3.00. The number of carboxylic acids is 1. The zero-order chi connectivity index (χ0) is 15.0. The second-order valence-corrected chi connectivity index (χ2v) is 5.62. The third-order valence-electron chi connectivity index (χ3n) is 3.50. The number of aromatic carboxylic acids is 1. The summed E-state index contributed by atoms with van der Waals surface area (Å²) in [6.45, 7) is 2.57.